The standard InChI is InChI=1S/C34H33ClN4O2/c35-30-14-8-7-13-29(30)34(41)38-17-15-28(16-18-38)37-19-21-39(22-20-37)33(40)27-23-31(25-9-3-1-4-10-25)36-32(24-27)26-11-5-2-6-12-26/h1-14,23-24,28H,15-22H2. The highest BCUT2D eigenvalue weighted by molar-refractivity contribution is 6.33. The average Bonchev–Trinajstić information content (AvgIpc) is 3.05. The number of carbonyl (C=O) groups excluding carboxylic acids is 2. The number of benzene rings is 3. The highest BCUT2D eigenvalue weighted by atomic mass is 35.5. The summed E-state index contributed by atoms with van der Waals surface area (Å²) in [6.45, 7) is 4.46. The summed E-state index contributed by atoms with van der Waals surface area (Å²) in [5, 5.41) is 0.501. The van der Waals surface area contributed by atoms with E-state index in [-0.39, 0.29) is 11.8 Å². The van der Waals surface area contributed by atoms with Gasteiger partial charge in [0.05, 0.1) is 22.0 Å². The van der Waals surface area contributed by atoms with Gasteiger partial charge in [0.1, 0.15) is 0 Å². The number of rotatable bonds is 5. The summed E-state index contributed by atoms with van der Waals surface area (Å²) < 4.78 is 0. The van der Waals surface area contributed by atoms with Crippen LogP contribution in [0.2, 0.25) is 5.02 Å². The van der Waals surface area contributed by atoms with Gasteiger partial charge in [-0.25, -0.2) is 4.98 Å². The van der Waals surface area contributed by atoms with E-state index < -0.39 is 0 Å². The van der Waals surface area contributed by atoms with E-state index in [1.165, 1.54) is 0 Å². The summed E-state index contributed by atoms with van der Waals surface area (Å²) in [5.41, 5.74) is 4.81. The monoisotopic (exact) mass is 564 g/mol. The molecule has 3 aromatic carbocycles. The molecule has 6 rings (SSSR count). The van der Waals surface area contributed by atoms with Crippen LogP contribution in [-0.4, -0.2) is 76.8 Å². The maximum absolute atomic E-state index is 13.8. The third-order valence-electron chi connectivity index (χ3n) is 8.19. The molecule has 0 bridgehead atoms. The summed E-state index contributed by atoms with van der Waals surface area (Å²) in [4.78, 5) is 38.0. The first kappa shape index (κ1) is 27.2. The molecule has 2 aliphatic heterocycles. The number of nitrogens with zero attached hydrogens (tertiary/aromatic N) is 4. The molecule has 2 fully saturated rings. The van der Waals surface area contributed by atoms with Gasteiger partial charge in [-0.15, -0.1) is 0 Å². The molecule has 208 valence electrons. The third kappa shape index (κ3) is 6.04. The third-order valence-corrected chi connectivity index (χ3v) is 8.51. The zero-order chi connectivity index (χ0) is 28.2. The minimum Gasteiger partial charge on any atom is -0.338 e. The van der Waals surface area contributed by atoms with E-state index in [2.05, 4.69) is 4.90 Å². The predicted octanol–water partition coefficient (Wildman–Crippen LogP) is 6.13. The minimum absolute atomic E-state index is 0.00607. The number of aromatic nitrogens is 1. The van der Waals surface area contributed by atoms with Gasteiger partial charge in [0, 0.05) is 62.0 Å². The van der Waals surface area contributed by atoms with Gasteiger partial charge in [-0.2, -0.15) is 0 Å². The Labute approximate surface area is 246 Å². The molecule has 1 aromatic heterocycles. The highest BCUT2D eigenvalue weighted by Gasteiger charge is 2.31. The quantitative estimate of drug-likeness (QED) is 0.292. The van der Waals surface area contributed by atoms with Crippen molar-refractivity contribution >= 4 is 23.4 Å². The maximum atomic E-state index is 13.8. The lowest BCUT2D eigenvalue weighted by Gasteiger charge is -2.42. The Balaban J connectivity index is 1.11. The number of amides is 2. The molecule has 2 aliphatic rings. The largest absolute Gasteiger partial charge is 0.338 e. The Bertz CT molecular complexity index is 1450. The maximum Gasteiger partial charge on any atom is 0.255 e. The van der Waals surface area contributed by atoms with E-state index in [4.69, 9.17) is 16.6 Å². The Morgan fingerprint density at radius 3 is 1.71 bits per heavy atom. The topological polar surface area (TPSA) is 56.8 Å². The number of halogens is 1. The number of hydrogen-bond acceptors (Lipinski definition) is 4. The summed E-state index contributed by atoms with van der Waals surface area (Å²) in [5.74, 6) is 0.0492. The zero-order valence-corrected chi connectivity index (χ0v) is 23.7. The molecule has 0 aliphatic carbocycles. The first-order valence-electron chi connectivity index (χ1n) is 14.3. The summed E-state index contributed by atoms with van der Waals surface area (Å²) in [6.07, 6.45) is 1.85. The molecule has 0 atom stereocenters. The van der Waals surface area contributed by atoms with Crippen LogP contribution in [0.15, 0.2) is 97.1 Å². The van der Waals surface area contributed by atoms with E-state index in [1.807, 2.05) is 94.7 Å². The van der Waals surface area contributed by atoms with Gasteiger partial charge in [-0.1, -0.05) is 84.4 Å². The predicted molar refractivity (Wildman–Crippen MR) is 163 cm³/mol. The number of piperidine rings is 1. The van der Waals surface area contributed by atoms with Gasteiger partial charge >= 0.3 is 0 Å². The van der Waals surface area contributed by atoms with Gasteiger partial charge in [0.15, 0.2) is 0 Å². The fraction of sp³-hybridized carbons (Fsp3) is 0.265. The van der Waals surface area contributed by atoms with Gasteiger partial charge < -0.3 is 9.80 Å². The smallest absolute Gasteiger partial charge is 0.255 e. The molecule has 0 saturated carbocycles. The van der Waals surface area contributed by atoms with Crippen LogP contribution in [0.5, 0.6) is 0 Å². The second kappa shape index (κ2) is 12.2. The van der Waals surface area contributed by atoms with Gasteiger partial charge in [0.2, 0.25) is 0 Å². The van der Waals surface area contributed by atoms with Crippen LogP contribution in [0.1, 0.15) is 33.6 Å². The number of hydrogen-bond donors (Lipinski definition) is 0. The number of piperazine rings is 1. The van der Waals surface area contributed by atoms with Crippen LogP contribution in [0.3, 0.4) is 0 Å². The molecule has 2 amide bonds. The van der Waals surface area contributed by atoms with E-state index in [0.717, 1.165) is 61.5 Å². The van der Waals surface area contributed by atoms with Crippen molar-refractivity contribution in [2.24, 2.45) is 0 Å². The second-order valence-corrected chi connectivity index (χ2v) is 11.1. The minimum atomic E-state index is 0.00607. The summed E-state index contributed by atoms with van der Waals surface area (Å²) in [6, 6.07) is 31.5. The SMILES string of the molecule is O=C(c1cc(-c2ccccc2)nc(-c2ccccc2)c1)N1CCN(C2CCN(C(=O)c3ccccc3Cl)CC2)CC1. The zero-order valence-electron chi connectivity index (χ0n) is 23.0. The number of pyridine rings is 1. The molecule has 6 nitrogen and oxygen atoms in total. The Hall–Kier alpha value is -4.00. The second-order valence-electron chi connectivity index (χ2n) is 10.7. The number of carbonyl (C=O) groups is 2. The van der Waals surface area contributed by atoms with Crippen molar-refractivity contribution in [3.8, 4) is 22.5 Å². The van der Waals surface area contributed by atoms with Crippen molar-refractivity contribution in [2.45, 2.75) is 18.9 Å². The van der Waals surface area contributed by atoms with Crippen LogP contribution in [0.25, 0.3) is 22.5 Å². The molecule has 0 spiro atoms. The lowest BCUT2D eigenvalue weighted by molar-refractivity contribution is 0.0412. The molecule has 0 N–H and O–H groups in total. The van der Waals surface area contributed by atoms with Gasteiger partial charge in [-0.3, -0.25) is 14.5 Å². The molecule has 4 aromatic rings. The van der Waals surface area contributed by atoms with Gasteiger partial charge in [0.25, 0.3) is 11.8 Å². The lowest BCUT2D eigenvalue weighted by Crippen LogP contribution is -2.54. The molecule has 0 radical (unpaired) electrons. The van der Waals surface area contributed by atoms with Crippen molar-refractivity contribution in [1.29, 1.82) is 0 Å². The molecule has 0 unspecified atom stereocenters. The molecule has 3 heterocycles. The van der Waals surface area contributed by atoms with E-state index in [9.17, 15) is 9.59 Å². The molecular weight excluding hydrogens is 532 g/mol. The molecule has 41 heavy (non-hydrogen) atoms. The molecule has 7 heteroatoms. The Kier molecular flexibility index (Phi) is 8.12. The number of likely N-dealkylation sites (tertiary alicyclic amines) is 1. The molecular formula is C34H33ClN4O2. The van der Waals surface area contributed by atoms with Crippen LogP contribution in [0, 0.1) is 0 Å². The average molecular weight is 565 g/mol. The summed E-state index contributed by atoms with van der Waals surface area (Å²) in [7, 11) is 0. The Morgan fingerprint density at radius 1 is 0.634 bits per heavy atom. The fourth-order valence-corrected chi connectivity index (χ4v) is 6.10. The van der Waals surface area contributed by atoms with E-state index in [1.54, 1.807) is 12.1 Å². The fourth-order valence-electron chi connectivity index (χ4n) is 5.88. The van der Waals surface area contributed by atoms with Crippen molar-refractivity contribution < 1.29 is 9.59 Å². The van der Waals surface area contributed by atoms with Crippen molar-refractivity contribution in [2.75, 3.05) is 39.3 Å². The normalized spacial score (nSPS) is 16.5. The lowest BCUT2D eigenvalue weighted by atomic mass is 10.0. The first-order chi connectivity index (χ1) is 20.1. The molecule has 2 saturated heterocycles. The van der Waals surface area contributed by atoms with E-state index in [0.29, 0.717) is 35.3 Å². The highest BCUT2D eigenvalue weighted by Crippen LogP contribution is 2.27. The summed E-state index contributed by atoms with van der Waals surface area (Å²) >= 11 is 6.26. The first-order valence-corrected chi connectivity index (χ1v) is 14.6. The van der Waals surface area contributed by atoms with Crippen LogP contribution in [-0.2, 0) is 0 Å². The van der Waals surface area contributed by atoms with Crippen LogP contribution in [0.4, 0.5) is 0 Å². The van der Waals surface area contributed by atoms with Crippen molar-refractivity contribution in [3.63, 3.8) is 0 Å². The van der Waals surface area contributed by atoms with Crippen molar-refractivity contribution in [1.82, 2.24) is 19.7 Å². The van der Waals surface area contributed by atoms with E-state index >= 15 is 0 Å². The van der Waals surface area contributed by atoms with Crippen LogP contribution < -0.4 is 0 Å². The van der Waals surface area contributed by atoms with Crippen molar-refractivity contribution in [3.05, 3.63) is 113 Å². The van der Waals surface area contributed by atoms with Gasteiger partial charge in [-0.05, 0) is 37.1 Å². The van der Waals surface area contributed by atoms with Crippen LogP contribution >= 0.6 is 11.6 Å². The Morgan fingerprint density at radius 2 is 1.15 bits per heavy atom.